The second-order valence-electron chi connectivity index (χ2n) is 7.23. The Morgan fingerprint density at radius 1 is 0.762 bits per heavy atom. The van der Waals surface area contributed by atoms with Crippen LogP contribution in [0.15, 0.2) is 0 Å². The van der Waals surface area contributed by atoms with Crippen LogP contribution in [0, 0.1) is 11.8 Å². The van der Waals surface area contributed by atoms with Crippen LogP contribution in [0.25, 0.3) is 0 Å². The summed E-state index contributed by atoms with van der Waals surface area (Å²) in [6, 6.07) is 0. The molecule has 1 nitrogen and oxygen atoms in total. The summed E-state index contributed by atoms with van der Waals surface area (Å²) in [6.45, 7) is 11.2. The highest BCUT2D eigenvalue weighted by molar-refractivity contribution is 4.76. The van der Waals surface area contributed by atoms with Crippen molar-refractivity contribution in [3.05, 3.63) is 0 Å². The second-order valence-corrected chi connectivity index (χ2v) is 7.23. The van der Waals surface area contributed by atoms with E-state index in [0.717, 1.165) is 11.8 Å². The van der Waals surface area contributed by atoms with E-state index >= 15 is 0 Å². The van der Waals surface area contributed by atoms with E-state index in [9.17, 15) is 0 Å². The maximum Gasteiger partial charge on any atom is -0.00160 e. The Hall–Kier alpha value is -0.0400. The molecule has 1 heterocycles. The molecule has 0 unspecified atom stereocenters. The molecular weight excluding hydrogens is 254 g/mol. The van der Waals surface area contributed by atoms with Gasteiger partial charge in [0.05, 0.1) is 0 Å². The SMILES string of the molecule is CCCCCCCCCCN1CCC(C(CC)CC)CC1. The molecule has 1 saturated heterocycles. The van der Waals surface area contributed by atoms with Crippen LogP contribution in [-0.4, -0.2) is 24.5 Å². The summed E-state index contributed by atoms with van der Waals surface area (Å²) in [4.78, 5) is 2.73. The maximum atomic E-state index is 2.73. The molecule has 0 spiro atoms. The summed E-state index contributed by atoms with van der Waals surface area (Å²) in [5, 5.41) is 0. The Labute approximate surface area is 134 Å². The minimum atomic E-state index is 0.996. The van der Waals surface area contributed by atoms with Gasteiger partial charge in [0.15, 0.2) is 0 Å². The number of rotatable bonds is 12. The molecular formula is C20H41N. The number of hydrogen-bond acceptors (Lipinski definition) is 1. The second kappa shape index (κ2) is 12.5. The molecule has 0 saturated carbocycles. The van der Waals surface area contributed by atoms with Crippen molar-refractivity contribution in [2.75, 3.05) is 19.6 Å². The zero-order valence-electron chi connectivity index (χ0n) is 15.2. The van der Waals surface area contributed by atoms with Crippen LogP contribution in [0.5, 0.6) is 0 Å². The molecule has 1 aliphatic heterocycles. The van der Waals surface area contributed by atoms with Gasteiger partial charge in [-0.15, -0.1) is 0 Å². The number of nitrogens with zero attached hydrogens (tertiary/aromatic N) is 1. The van der Waals surface area contributed by atoms with E-state index in [1.165, 1.54) is 96.7 Å². The molecule has 1 heteroatoms. The van der Waals surface area contributed by atoms with Crippen LogP contribution in [0.4, 0.5) is 0 Å². The molecule has 0 radical (unpaired) electrons. The minimum Gasteiger partial charge on any atom is -0.303 e. The van der Waals surface area contributed by atoms with Gasteiger partial charge in [-0.1, -0.05) is 78.6 Å². The Morgan fingerprint density at radius 2 is 1.29 bits per heavy atom. The fourth-order valence-electron chi connectivity index (χ4n) is 4.07. The topological polar surface area (TPSA) is 3.24 Å². The molecule has 1 aliphatic rings. The molecule has 0 aromatic rings. The number of likely N-dealkylation sites (tertiary alicyclic amines) is 1. The van der Waals surface area contributed by atoms with Crippen LogP contribution < -0.4 is 0 Å². The van der Waals surface area contributed by atoms with Gasteiger partial charge in [-0.25, -0.2) is 0 Å². The molecule has 1 fully saturated rings. The van der Waals surface area contributed by atoms with Gasteiger partial charge < -0.3 is 4.90 Å². The quantitative estimate of drug-likeness (QED) is 0.383. The lowest BCUT2D eigenvalue weighted by atomic mass is 9.81. The molecule has 0 aromatic carbocycles. The van der Waals surface area contributed by atoms with Crippen molar-refractivity contribution >= 4 is 0 Å². The fraction of sp³-hybridized carbons (Fsp3) is 1.00. The summed E-state index contributed by atoms with van der Waals surface area (Å²) in [5.74, 6) is 2.02. The lowest BCUT2D eigenvalue weighted by Gasteiger charge is -2.35. The molecule has 0 atom stereocenters. The van der Waals surface area contributed by atoms with Crippen molar-refractivity contribution in [1.29, 1.82) is 0 Å². The van der Waals surface area contributed by atoms with Crippen molar-refractivity contribution < 1.29 is 0 Å². The minimum absolute atomic E-state index is 0.996. The summed E-state index contributed by atoms with van der Waals surface area (Å²) < 4.78 is 0. The predicted molar refractivity (Wildman–Crippen MR) is 95.8 cm³/mol. The van der Waals surface area contributed by atoms with Crippen LogP contribution in [0.2, 0.25) is 0 Å². The summed E-state index contributed by atoms with van der Waals surface area (Å²) in [5.41, 5.74) is 0. The monoisotopic (exact) mass is 295 g/mol. The molecule has 21 heavy (non-hydrogen) atoms. The number of piperidine rings is 1. The van der Waals surface area contributed by atoms with E-state index in [1.54, 1.807) is 0 Å². The van der Waals surface area contributed by atoms with Gasteiger partial charge in [0.25, 0.3) is 0 Å². The van der Waals surface area contributed by atoms with E-state index in [1.807, 2.05) is 0 Å². The first-order chi connectivity index (χ1) is 10.3. The highest BCUT2D eigenvalue weighted by atomic mass is 15.1. The Morgan fingerprint density at radius 3 is 1.81 bits per heavy atom. The number of unbranched alkanes of at least 4 members (excludes halogenated alkanes) is 7. The van der Waals surface area contributed by atoms with Gasteiger partial charge in [-0.2, -0.15) is 0 Å². The Bertz CT molecular complexity index is 214. The maximum absolute atomic E-state index is 2.73. The first kappa shape index (κ1) is 19.0. The third kappa shape index (κ3) is 8.24. The molecule has 0 N–H and O–H groups in total. The molecule has 0 aliphatic carbocycles. The van der Waals surface area contributed by atoms with E-state index < -0.39 is 0 Å². The average Bonchev–Trinajstić information content (AvgIpc) is 2.52. The van der Waals surface area contributed by atoms with Crippen molar-refractivity contribution in [2.45, 2.75) is 97.8 Å². The number of hydrogen-bond donors (Lipinski definition) is 0. The first-order valence-electron chi connectivity index (χ1n) is 10.0. The molecule has 126 valence electrons. The lowest BCUT2D eigenvalue weighted by molar-refractivity contribution is 0.140. The van der Waals surface area contributed by atoms with Gasteiger partial charge in [-0.3, -0.25) is 0 Å². The smallest absolute Gasteiger partial charge is 0.00160 e. The van der Waals surface area contributed by atoms with Gasteiger partial charge in [-0.05, 0) is 50.7 Å². The van der Waals surface area contributed by atoms with Crippen molar-refractivity contribution in [3.8, 4) is 0 Å². The third-order valence-electron chi connectivity index (χ3n) is 5.68. The molecule has 0 bridgehead atoms. The zero-order valence-corrected chi connectivity index (χ0v) is 15.2. The van der Waals surface area contributed by atoms with Crippen LogP contribution in [-0.2, 0) is 0 Å². The summed E-state index contributed by atoms with van der Waals surface area (Å²) in [7, 11) is 0. The average molecular weight is 296 g/mol. The van der Waals surface area contributed by atoms with Gasteiger partial charge in [0, 0.05) is 0 Å². The third-order valence-corrected chi connectivity index (χ3v) is 5.68. The highest BCUT2D eigenvalue weighted by Gasteiger charge is 2.23. The van der Waals surface area contributed by atoms with E-state index in [4.69, 9.17) is 0 Å². The normalized spacial score (nSPS) is 17.7. The van der Waals surface area contributed by atoms with Gasteiger partial charge in [0.1, 0.15) is 0 Å². The molecule has 0 amide bonds. The van der Waals surface area contributed by atoms with E-state index in [2.05, 4.69) is 25.7 Å². The standard InChI is InChI=1S/C20H41N/c1-4-7-8-9-10-11-12-13-16-21-17-14-20(15-18-21)19(5-2)6-3/h19-20H,4-18H2,1-3H3. The first-order valence-corrected chi connectivity index (χ1v) is 10.0. The Balaban J connectivity index is 1.96. The fourth-order valence-corrected chi connectivity index (χ4v) is 4.07. The van der Waals surface area contributed by atoms with Gasteiger partial charge >= 0.3 is 0 Å². The molecule has 0 aromatic heterocycles. The van der Waals surface area contributed by atoms with Crippen molar-refractivity contribution in [2.24, 2.45) is 11.8 Å². The Kier molecular flexibility index (Phi) is 11.3. The van der Waals surface area contributed by atoms with Crippen molar-refractivity contribution in [3.63, 3.8) is 0 Å². The van der Waals surface area contributed by atoms with E-state index in [-0.39, 0.29) is 0 Å². The van der Waals surface area contributed by atoms with E-state index in [0.29, 0.717) is 0 Å². The zero-order chi connectivity index (χ0) is 15.3. The van der Waals surface area contributed by atoms with Crippen LogP contribution >= 0.6 is 0 Å². The highest BCUT2D eigenvalue weighted by Crippen LogP contribution is 2.29. The van der Waals surface area contributed by atoms with Gasteiger partial charge in [0.2, 0.25) is 0 Å². The van der Waals surface area contributed by atoms with Crippen LogP contribution in [0.3, 0.4) is 0 Å². The summed E-state index contributed by atoms with van der Waals surface area (Å²) in [6.07, 6.45) is 17.3. The largest absolute Gasteiger partial charge is 0.303 e. The van der Waals surface area contributed by atoms with Crippen LogP contribution in [0.1, 0.15) is 97.8 Å². The predicted octanol–water partition coefficient (Wildman–Crippen LogP) is 6.28. The lowest BCUT2D eigenvalue weighted by Crippen LogP contribution is -2.36. The van der Waals surface area contributed by atoms with Crippen molar-refractivity contribution in [1.82, 2.24) is 4.90 Å². The molecule has 1 rings (SSSR count). The summed E-state index contributed by atoms with van der Waals surface area (Å²) >= 11 is 0.